The Kier molecular flexibility index (Phi) is 3.21. The van der Waals surface area contributed by atoms with Crippen LogP contribution >= 0.6 is 15.9 Å². The van der Waals surface area contributed by atoms with E-state index in [1.807, 2.05) is 53.1 Å². The number of furan rings is 1. The summed E-state index contributed by atoms with van der Waals surface area (Å²) in [6.07, 6.45) is 3.60. The first-order chi connectivity index (χ1) is 12.3. The number of rotatable bonds is 3. The molecule has 1 aromatic carbocycles. The van der Waals surface area contributed by atoms with Crippen LogP contribution in [0.5, 0.6) is 11.5 Å². The minimum Gasteiger partial charge on any atom is -0.463 e. The van der Waals surface area contributed by atoms with E-state index in [4.69, 9.17) is 18.9 Å². The molecule has 124 valence electrons. The molecule has 4 aromatic rings. The molecule has 25 heavy (non-hydrogen) atoms. The monoisotopic (exact) mass is 397 g/mol. The standard InChI is InChI=1S/C18H12BrN3O3/c19-11-3-6-16-21-17(14-2-1-7-23-14)18(22(16)9-11)20-12-4-5-13-15(8-12)25-10-24-13/h1-9,20H,10H2. The third-order valence-corrected chi connectivity index (χ3v) is 4.44. The number of nitrogens with zero attached hydrogens (tertiary/aromatic N) is 2. The number of hydrogen-bond donors (Lipinski definition) is 1. The largest absolute Gasteiger partial charge is 0.463 e. The molecular weight excluding hydrogens is 386 g/mol. The molecule has 0 bridgehead atoms. The maximum Gasteiger partial charge on any atom is 0.231 e. The SMILES string of the molecule is Brc1ccc2nc(-c3ccco3)c(Nc3ccc4c(c3)OCO4)n2c1. The molecule has 0 spiro atoms. The van der Waals surface area contributed by atoms with E-state index in [9.17, 15) is 0 Å². The van der Waals surface area contributed by atoms with Gasteiger partial charge in [0.05, 0.1) is 6.26 Å². The molecule has 1 N–H and O–H groups in total. The van der Waals surface area contributed by atoms with Crippen LogP contribution in [0.2, 0.25) is 0 Å². The minimum atomic E-state index is 0.249. The van der Waals surface area contributed by atoms with Gasteiger partial charge in [-0.25, -0.2) is 4.98 Å². The fraction of sp³-hybridized carbons (Fsp3) is 0.0556. The first-order valence-corrected chi connectivity index (χ1v) is 8.45. The topological polar surface area (TPSA) is 60.9 Å². The van der Waals surface area contributed by atoms with Crippen LogP contribution in [0.4, 0.5) is 11.5 Å². The highest BCUT2D eigenvalue weighted by molar-refractivity contribution is 9.10. The number of fused-ring (bicyclic) bond motifs is 2. The van der Waals surface area contributed by atoms with Crippen molar-refractivity contribution < 1.29 is 13.9 Å². The first kappa shape index (κ1) is 14.4. The van der Waals surface area contributed by atoms with Crippen molar-refractivity contribution >= 4 is 33.1 Å². The summed E-state index contributed by atoms with van der Waals surface area (Å²) in [4.78, 5) is 4.69. The molecule has 0 amide bonds. The van der Waals surface area contributed by atoms with Crippen LogP contribution in [0.3, 0.4) is 0 Å². The molecule has 0 fully saturated rings. The van der Waals surface area contributed by atoms with Gasteiger partial charge in [-0.1, -0.05) is 0 Å². The van der Waals surface area contributed by atoms with Gasteiger partial charge >= 0.3 is 0 Å². The number of imidazole rings is 1. The van der Waals surface area contributed by atoms with Crippen molar-refractivity contribution in [3.63, 3.8) is 0 Å². The van der Waals surface area contributed by atoms with Gasteiger partial charge in [0, 0.05) is 22.4 Å². The highest BCUT2D eigenvalue weighted by Crippen LogP contribution is 2.37. The average Bonchev–Trinajstić information content (AvgIpc) is 3.34. The van der Waals surface area contributed by atoms with E-state index in [1.54, 1.807) is 6.26 Å². The Morgan fingerprint density at radius 3 is 2.88 bits per heavy atom. The molecule has 0 unspecified atom stereocenters. The van der Waals surface area contributed by atoms with E-state index >= 15 is 0 Å². The molecule has 4 heterocycles. The van der Waals surface area contributed by atoms with Crippen LogP contribution in [0.15, 0.2) is 63.8 Å². The molecule has 0 atom stereocenters. The third-order valence-electron chi connectivity index (χ3n) is 3.97. The van der Waals surface area contributed by atoms with Crippen LogP contribution < -0.4 is 14.8 Å². The summed E-state index contributed by atoms with van der Waals surface area (Å²) in [6.45, 7) is 0.249. The normalized spacial score (nSPS) is 12.7. The maximum atomic E-state index is 5.56. The van der Waals surface area contributed by atoms with E-state index in [1.165, 1.54) is 0 Å². The van der Waals surface area contributed by atoms with Gasteiger partial charge in [-0.15, -0.1) is 0 Å². The lowest BCUT2D eigenvalue weighted by Crippen LogP contribution is -1.97. The fourth-order valence-corrected chi connectivity index (χ4v) is 3.17. The van der Waals surface area contributed by atoms with Crippen molar-refractivity contribution in [2.45, 2.75) is 0 Å². The lowest BCUT2D eigenvalue weighted by atomic mass is 10.2. The van der Waals surface area contributed by atoms with Gasteiger partial charge in [0.15, 0.2) is 17.3 Å². The average molecular weight is 398 g/mol. The second-order valence-electron chi connectivity index (χ2n) is 5.55. The Balaban J connectivity index is 1.66. The molecule has 0 aliphatic carbocycles. The zero-order valence-electron chi connectivity index (χ0n) is 12.9. The van der Waals surface area contributed by atoms with E-state index in [-0.39, 0.29) is 6.79 Å². The number of pyridine rings is 1. The smallest absolute Gasteiger partial charge is 0.231 e. The Morgan fingerprint density at radius 1 is 1.08 bits per heavy atom. The van der Waals surface area contributed by atoms with E-state index < -0.39 is 0 Å². The van der Waals surface area contributed by atoms with Crippen molar-refractivity contribution in [3.8, 4) is 23.0 Å². The highest BCUT2D eigenvalue weighted by atomic mass is 79.9. The lowest BCUT2D eigenvalue weighted by Gasteiger charge is -2.09. The molecule has 3 aromatic heterocycles. The quantitative estimate of drug-likeness (QED) is 0.536. The van der Waals surface area contributed by atoms with Gasteiger partial charge in [0.1, 0.15) is 17.2 Å². The predicted octanol–water partition coefficient (Wildman–Crippen LogP) is 4.83. The van der Waals surface area contributed by atoms with Crippen LogP contribution in [0.25, 0.3) is 17.1 Å². The van der Waals surface area contributed by atoms with Crippen LogP contribution in [-0.4, -0.2) is 16.2 Å². The van der Waals surface area contributed by atoms with Gasteiger partial charge in [-0.3, -0.25) is 4.40 Å². The van der Waals surface area contributed by atoms with Crippen LogP contribution in [-0.2, 0) is 0 Å². The molecule has 7 heteroatoms. The number of aromatic nitrogens is 2. The number of halogens is 1. The number of nitrogens with one attached hydrogen (secondary N) is 1. The van der Waals surface area contributed by atoms with Crippen LogP contribution in [0.1, 0.15) is 0 Å². The summed E-state index contributed by atoms with van der Waals surface area (Å²) >= 11 is 3.51. The van der Waals surface area contributed by atoms with Crippen molar-refractivity contribution in [2.75, 3.05) is 12.1 Å². The summed E-state index contributed by atoms with van der Waals surface area (Å²) in [5, 5.41) is 3.42. The first-order valence-electron chi connectivity index (χ1n) is 7.66. The maximum absolute atomic E-state index is 5.56. The number of anilines is 2. The molecule has 1 aliphatic heterocycles. The Morgan fingerprint density at radius 2 is 2.00 bits per heavy atom. The van der Waals surface area contributed by atoms with Crippen molar-refractivity contribution in [3.05, 3.63) is 59.4 Å². The molecule has 6 nitrogen and oxygen atoms in total. The summed E-state index contributed by atoms with van der Waals surface area (Å²) < 4.78 is 19.3. The Hall–Kier alpha value is -2.93. The summed E-state index contributed by atoms with van der Waals surface area (Å²) in [6, 6.07) is 13.4. The summed E-state index contributed by atoms with van der Waals surface area (Å²) in [5.41, 5.74) is 2.43. The van der Waals surface area contributed by atoms with Gasteiger partial charge in [0.25, 0.3) is 0 Å². The third kappa shape index (κ3) is 2.44. The number of benzene rings is 1. The lowest BCUT2D eigenvalue weighted by molar-refractivity contribution is 0.174. The molecule has 0 radical (unpaired) electrons. The molecule has 0 saturated carbocycles. The second kappa shape index (κ2) is 5.56. The fourth-order valence-electron chi connectivity index (χ4n) is 2.83. The predicted molar refractivity (Wildman–Crippen MR) is 96.4 cm³/mol. The highest BCUT2D eigenvalue weighted by Gasteiger charge is 2.18. The van der Waals surface area contributed by atoms with Gasteiger partial charge in [-0.05, 0) is 52.3 Å². The van der Waals surface area contributed by atoms with E-state index in [0.29, 0.717) is 5.76 Å². The molecule has 0 saturated heterocycles. The van der Waals surface area contributed by atoms with E-state index in [2.05, 4.69) is 21.2 Å². The Bertz CT molecular complexity index is 1070. The zero-order chi connectivity index (χ0) is 16.8. The molecular formula is C18H12BrN3O3. The van der Waals surface area contributed by atoms with Crippen molar-refractivity contribution in [2.24, 2.45) is 0 Å². The number of hydrogen-bond acceptors (Lipinski definition) is 5. The van der Waals surface area contributed by atoms with Crippen LogP contribution in [0, 0.1) is 0 Å². The van der Waals surface area contributed by atoms with Crippen molar-refractivity contribution in [1.29, 1.82) is 0 Å². The molecule has 5 rings (SSSR count). The van der Waals surface area contributed by atoms with E-state index in [0.717, 1.165) is 38.8 Å². The molecule has 1 aliphatic rings. The number of ether oxygens (including phenoxy) is 2. The van der Waals surface area contributed by atoms with Crippen molar-refractivity contribution in [1.82, 2.24) is 9.38 Å². The zero-order valence-corrected chi connectivity index (χ0v) is 14.5. The Labute approximate surface area is 151 Å². The second-order valence-corrected chi connectivity index (χ2v) is 6.47. The van der Waals surface area contributed by atoms with Gasteiger partial charge < -0.3 is 19.2 Å². The van der Waals surface area contributed by atoms with Gasteiger partial charge in [0.2, 0.25) is 6.79 Å². The summed E-state index contributed by atoms with van der Waals surface area (Å²) in [7, 11) is 0. The summed E-state index contributed by atoms with van der Waals surface area (Å²) in [5.74, 6) is 2.98. The van der Waals surface area contributed by atoms with Gasteiger partial charge in [-0.2, -0.15) is 0 Å². The minimum absolute atomic E-state index is 0.249.